The zero-order valence-electron chi connectivity index (χ0n) is 20.3. The fourth-order valence-electron chi connectivity index (χ4n) is 5.43. The molecule has 2 atom stereocenters. The van der Waals surface area contributed by atoms with Gasteiger partial charge < -0.3 is 4.90 Å². The Kier molecular flexibility index (Phi) is 6.67. The van der Waals surface area contributed by atoms with Gasteiger partial charge in [-0.15, -0.1) is 23.1 Å². The van der Waals surface area contributed by atoms with Crippen LogP contribution in [0.25, 0.3) is 10.2 Å². The molecule has 1 aliphatic heterocycles. The number of rotatable bonds is 6. The topological polar surface area (TPSA) is 84.8 Å². The molecule has 0 N–H and O–H groups in total. The number of hydrogen-bond donors (Lipinski definition) is 0. The summed E-state index contributed by atoms with van der Waals surface area (Å²) in [5.41, 5.74) is 3.71. The highest BCUT2D eigenvalue weighted by molar-refractivity contribution is 7.98. The Morgan fingerprint density at radius 1 is 1.11 bits per heavy atom. The van der Waals surface area contributed by atoms with Crippen LogP contribution in [0, 0.1) is 11.8 Å². The van der Waals surface area contributed by atoms with E-state index in [0.717, 1.165) is 51.5 Å². The van der Waals surface area contributed by atoms with E-state index in [4.69, 9.17) is 4.98 Å². The lowest BCUT2D eigenvalue weighted by atomic mass is 9.99. The van der Waals surface area contributed by atoms with E-state index >= 15 is 0 Å². The molecule has 0 bridgehead atoms. The third-order valence-corrected chi connectivity index (χ3v) is 9.07. The van der Waals surface area contributed by atoms with E-state index in [0.29, 0.717) is 30.5 Å². The quantitative estimate of drug-likeness (QED) is 0.334. The number of benzene rings is 1. The number of amides is 1. The maximum absolute atomic E-state index is 13.2. The molecule has 2 aliphatic rings. The van der Waals surface area contributed by atoms with E-state index in [-0.39, 0.29) is 5.91 Å². The van der Waals surface area contributed by atoms with Gasteiger partial charge in [-0.25, -0.2) is 24.9 Å². The molecule has 0 unspecified atom stereocenters. The third kappa shape index (κ3) is 4.99. The van der Waals surface area contributed by atoms with Gasteiger partial charge in [-0.2, -0.15) is 0 Å². The number of aromatic nitrogens is 5. The predicted molar refractivity (Wildman–Crippen MR) is 142 cm³/mol. The molecule has 0 saturated heterocycles. The van der Waals surface area contributed by atoms with Crippen molar-refractivity contribution in [1.29, 1.82) is 0 Å². The summed E-state index contributed by atoms with van der Waals surface area (Å²) < 4.78 is 1.15. The summed E-state index contributed by atoms with van der Waals surface area (Å²) in [6.45, 7) is 1.24. The van der Waals surface area contributed by atoms with Crippen molar-refractivity contribution in [3.8, 4) is 0 Å². The Morgan fingerprint density at radius 3 is 2.78 bits per heavy atom. The number of hydrogen-bond acceptors (Lipinski definition) is 8. The maximum Gasteiger partial charge on any atom is 0.254 e. The van der Waals surface area contributed by atoms with Crippen LogP contribution >= 0.6 is 23.1 Å². The van der Waals surface area contributed by atoms with E-state index in [2.05, 4.69) is 26.0 Å². The summed E-state index contributed by atoms with van der Waals surface area (Å²) in [4.78, 5) is 38.7. The van der Waals surface area contributed by atoms with E-state index in [1.807, 2.05) is 41.9 Å². The van der Waals surface area contributed by atoms with Crippen molar-refractivity contribution in [2.45, 2.75) is 50.0 Å². The van der Waals surface area contributed by atoms with Crippen molar-refractivity contribution in [1.82, 2.24) is 29.8 Å². The molecule has 1 saturated carbocycles. The summed E-state index contributed by atoms with van der Waals surface area (Å²) in [6.07, 6.45) is 15.7. The van der Waals surface area contributed by atoms with Crippen LogP contribution in [0.15, 0.2) is 48.0 Å². The number of carbonyl (C=O) groups is 1. The minimum Gasteiger partial charge on any atom is -0.334 e. The van der Waals surface area contributed by atoms with Crippen molar-refractivity contribution >= 4 is 39.2 Å². The molecule has 7 nitrogen and oxygen atoms in total. The van der Waals surface area contributed by atoms with Crippen LogP contribution in [0.3, 0.4) is 0 Å². The van der Waals surface area contributed by atoms with Crippen LogP contribution in [-0.2, 0) is 25.8 Å². The molecule has 1 fully saturated rings. The lowest BCUT2D eigenvalue weighted by Crippen LogP contribution is -2.36. The molecule has 6 rings (SSSR count). The Hall–Kier alpha value is -2.91. The van der Waals surface area contributed by atoms with Gasteiger partial charge in [-0.05, 0) is 55.6 Å². The monoisotopic (exact) mass is 516 g/mol. The predicted octanol–water partition coefficient (Wildman–Crippen LogP) is 5.00. The second-order valence-corrected chi connectivity index (χ2v) is 11.7. The highest BCUT2D eigenvalue weighted by Crippen LogP contribution is 2.36. The van der Waals surface area contributed by atoms with E-state index < -0.39 is 0 Å². The minimum absolute atomic E-state index is 0.0485. The van der Waals surface area contributed by atoms with Crippen molar-refractivity contribution in [3.05, 3.63) is 70.8 Å². The van der Waals surface area contributed by atoms with Crippen LogP contribution in [0.2, 0.25) is 0 Å². The molecule has 0 radical (unpaired) electrons. The van der Waals surface area contributed by atoms with E-state index in [9.17, 15) is 4.79 Å². The largest absolute Gasteiger partial charge is 0.334 e. The Bertz CT molecular complexity index is 1390. The molecular formula is C27H28N6OS2. The van der Waals surface area contributed by atoms with Crippen molar-refractivity contribution < 1.29 is 4.79 Å². The highest BCUT2D eigenvalue weighted by Gasteiger charge is 2.27. The smallest absolute Gasteiger partial charge is 0.254 e. The van der Waals surface area contributed by atoms with Gasteiger partial charge in [-0.1, -0.05) is 0 Å². The standard InChI is InChI=1S/C27H28N6OS2/c1-35-21-13-29-25(30-14-21)9-17-2-3-18(8-17)10-26-32-23-11-19(4-5-24(23)36-26)27(34)33-7-6-22-20(15-33)12-28-16-31-22/h4-5,11-14,16-18H,2-3,6-10,15H2,1H3/t17-,18-/m0/s1. The van der Waals surface area contributed by atoms with Crippen LogP contribution in [0.4, 0.5) is 0 Å². The Balaban J connectivity index is 1.09. The fourth-order valence-corrected chi connectivity index (χ4v) is 6.80. The summed E-state index contributed by atoms with van der Waals surface area (Å²) >= 11 is 3.43. The highest BCUT2D eigenvalue weighted by atomic mass is 32.2. The zero-order valence-corrected chi connectivity index (χ0v) is 21.9. The van der Waals surface area contributed by atoms with E-state index in [1.54, 1.807) is 29.4 Å². The number of fused-ring (bicyclic) bond motifs is 2. The van der Waals surface area contributed by atoms with Crippen LogP contribution in [-0.4, -0.2) is 48.5 Å². The summed E-state index contributed by atoms with van der Waals surface area (Å²) in [7, 11) is 0. The lowest BCUT2D eigenvalue weighted by Gasteiger charge is -2.27. The van der Waals surface area contributed by atoms with Crippen LogP contribution < -0.4 is 0 Å². The third-order valence-electron chi connectivity index (χ3n) is 7.33. The number of thiazole rings is 1. The van der Waals surface area contributed by atoms with E-state index in [1.165, 1.54) is 24.3 Å². The van der Waals surface area contributed by atoms with Crippen LogP contribution in [0.5, 0.6) is 0 Å². The zero-order chi connectivity index (χ0) is 24.5. The first-order valence-electron chi connectivity index (χ1n) is 12.5. The van der Waals surface area contributed by atoms with Gasteiger partial charge in [-0.3, -0.25) is 4.79 Å². The van der Waals surface area contributed by atoms with Gasteiger partial charge in [0.15, 0.2) is 0 Å². The normalized spacial score (nSPS) is 19.5. The summed E-state index contributed by atoms with van der Waals surface area (Å²) in [6, 6.07) is 5.96. The molecule has 4 aromatic rings. The van der Waals surface area contributed by atoms with Gasteiger partial charge >= 0.3 is 0 Å². The number of thioether (sulfide) groups is 1. The molecule has 4 heterocycles. The average Bonchev–Trinajstić information content (AvgIpc) is 3.54. The summed E-state index contributed by atoms with van der Waals surface area (Å²) in [5.74, 6) is 2.30. The first-order chi connectivity index (χ1) is 17.6. The van der Waals surface area contributed by atoms with Crippen molar-refractivity contribution in [2.24, 2.45) is 11.8 Å². The second-order valence-electron chi connectivity index (χ2n) is 9.75. The fraction of sp³-hybridized carbons (Fsp3) is 0.407. The lowest BCUT2D eigenvalue weighted by molar-refractivity contribution is 0.0733. The molecule has 9 heteroatoms. The van der Waals surface area contributed by atoms with Gasteiger partial charge in [0, 0.05) is 67.0 Å². The Morgan fingerprint density at radius 2 is 1.94 bits per heavy atom. The van der Waals surface area contributed by atoms with Gasteiger partial charge in [0.1, 0.15) is 12.2 Å². The number of carbonyl (C=O) groups excluding carboxylic acids is 1. The van der Waals surface area contributed by atoms with Crippen molar-refractivity contribution in [3.63, 3.8) is 0 Å². The molecule has 0 spiro atoms. The Labute approximate surface area is 218 Å². The maximum atomic E-state index is 13.2. The molecule has 36 heavy (non-hydrogen) atoms. The molecule has 3 aromatic heterocycles. The van der Waals surface area contributed by atoms with Gasteiger partial charge in [0.25, 0.3) is 5.91 Å². The molecule has 1 aliphatic carbocycles. The SMILES string of the molecule is CSc1cnc(C[C@H]2CC[C@H](Cc3nc4cc(C(=O)N5CCc6ncncc6C5)ccc4s3)C2)nc1. The molecule has 1 amide bonds. The first-order valence-corrected chi connectivity index (χ1v) is 14.5. The first kappa shape index (κ1) is 23.5. The number of nitrogens with zero attached hydrogens (tertiary/aromatic N) is 6. The molecule has 1 aromatic carbocycles. The van der Waals surface area contributed by atoms with Crippen LogP contribution in [0.1, 0.15) is 51.7 Å². The average molecular weight is 517 g/mol. The second kappa shape index (κ2) is 10.2. The minimum atomic E-state index is 0.0485. The summed E-state index contributed by atoms with van der Waals surface area (Å²) in [5, 5.41) is 1.17. The van der Waals surface area contributed by atoms with Gasteiger partial charge in [0.2, 0.25) is 0 Å². The molecule has 184 valence electrons. The molecular weight excluding hydrogens is 488 g/mol. The van der Waals surface area contributed by atoms with Crippen molar-refractivity contribution in [2.75, 3.05) is 12.8 Å². The van der Waals surface area contributed by atoms with Gasteiger partial charge in [0.05, 0.1) is 20.9 Å².